The first-order valence-corrected chi connectivity index (χ1v) is 7.08. The number of amides is 1. The molecule has 4 heteroatoms. The van der Waals surface area contributed by atoms with Crippen molar-refractivity contribution < 1.29 is 4.79 Å². The van der Waals surface area contributed by atoms with Crippen LogP contribution in [0.25, 0.3) is 0 Å². The van der Waals surface area contributed by atoms with Crippen LogP contribution in [0, 0.1) is 0 Å². The van der Waals surface area contributed by atoms with E-state index in [0.29, 0.717) is 11.0 Å². The van der Waals surface area contributed by atoms with Crippen LogP contribution in [0.3, 0.4) is 0 Å². The predicted octanol–water partition coefficient (Wildman–Crippen LogP) is 3.04. The van der Waals surface area contributed by atoms with Crippen LogP contribution in [0.1, 0.15) is 41.0 Å². The van der Waals surface area contributed by atoms with Crippen LogP contribution in [0.2, 0.25) is 0 Å². The highest BCUT2D eigenvalue weighted by Crippen LogP contribution is 1.90. The summed E-state index contributed by atoms with van der Waals surface area (Å²) in [6.45, 7) is 17.4. The third kappa shape index (κ3) is 15.5. The first-order valence-electron chi connectivity index (χ1n) is 6.65. The van der Waals surface area contributed by atoms with Gasteiger partial charge in [-0.25, -0.2) is 0 Å². The van der Waals surface area contributed by atoms with Gasteiger partial charge in [0.05, 0.1) is 0 Å². The fourth-order valence-corrected chi connectivity index (χ4v) is 1.20. The van der Waals surface area contributed by atoms with Gasteiger partial charge in [-0.1, -0.05) is 20.4 Å². The number of carbonyl (C=O) groups is 1. The van der Waals surface area contributed by atoms with Gasteiger partial charge in [0.2, 0.25) is 5.91 Å². The van der Waals surface area contributed by atoms with Gasteiger partial charge in [0, 0.05) is 17.5 Å². The maximum absolute atomic E-state index is 11.1. The molecule has 0 spiro atoms. The lowest BCUT2D eigenvalue weighted by Gasteiger charge is -2.17. The first kappa shape index (κ1) is 19.8. The Kier molecular flexibility index (Phi) is 14.2. The summed E-state index contributed by atoms with van der Waals surface area (Å²) in [6.07, 6.45) is 1.00. The zero-order valence-electron chi connectivity index (χ0n) is 12.6. The highest BCUT2D eigenvalue weighted by Gasteiger charge is 2.01. The molecule has 0 aliphatic carbocycles. The molecule has 0 aliphatic heterocycles. The molecule has 0 saturated heterocycles. The van der Waals surface area contributed by atoms with Crippen molar-refractivity contribution in [2.75, 3.05) is 26.2 Å². The summed E-state index contributed by atoms with van der Waals surface area (Å²) in [6, 6.07) is 0. The molecule has 0 bridgehead atoms. The minimum absolute atomic E-state index is 0.0375. The van der Waals surface area contributed by atoms with Crippen molar-refractivity contribution in [3.8, 4) is 0 Å². The van der Waals surface area contributed by atoms with Crippen molar-refractivity contribution in [3.63, 3.8) is 0 Å². The molecule has 18 heavy (non-hydrogen) atoms. The number of nitrogens with one attached hydrogen (secondary N) is 1. The van der Waals surface area contributed by atoms with Crippen molar-refractivity contribution in [2.24, 2.45) is 0 Å². The quantitative estimate of drug-likeness (QED) is 0.440. The van der Waals surface area contributed by atoms with E-state index in [1.165, 1.54) is 0 Å². The summed E-state index contributed by atoms with van der Waals surface area (Å²) in [5.41, 5.74) is 0.577. The largest absolute Gasteiger partial charge is 0.352 e. The second kappa shape index (κ2) is 12.9. The fraction of sp³-hybridized carbons (Fsp3) is 0.786. The molecule has 0 atom stereocenters. The first-order chi connectivity index (χ1) is 8.34. The van der Waals surface area contributed by atoms with Crippen LogP contribution >= 0.6 is 11.6 Å². The molecular formula is C14H29ClN2O. The average molecular weight is 277 g/mol. The molecule has 0 fully saturated rings. The van der Waals surface area contributed by atoms with E-state index in [0.717, 1.165) is 32.6 Å². The topological polar surface area (TPSA) is 32.3 Å². The number of halogens is 1. The number of alkyl halides is 1. The fourth-order valence-electron chi connectivity index (χ4n) is 1.20. The van der Waals surface area contributed by atoms with Crippen molar-refractivity contribution in [1.82, 2.24) is 10.2 Å². The number of hydrogen-bond acceptors (Lipinski definition) is 2. The molecule has 0 rings (SSSR count). The molecule has 0 saturated carbocycles. The smallest absolute Gasteiger partial charge is 0.246 e. The van der Waals surface area contributed by atoms with E-state index in [-0.39, 0.29) is 5.91 Å². The van der Waals surface area contributed by atoms with Gasteiger partial charge in [0.25, 0.3) is 0 Å². The van der Waals surface area contributed by atoms with Gasteiger partial charge < -0.3 is 10.2 Å². The molecular weight excluding hydrogens is 248 g/mol. The molecule has 1 N–H and O–H groups in total. The number of rotatable bonds is 7. The van der Waals surface area contributed by atoms with Gasteiger partial charge >= 0.3 is 0 Å². The summed E-state index contributed by atoms with van der Waals surface area (Å²) >= 11 is 5.27. The van der Waals surface area contributed by atoms with Crippen LogP contribution in [0.15, 0.2) is 12.2 Å². The van der Waals surface area contributed by atoms with E-state index in [1.54, 1.807) is 6.92 Å². The minimum Gasteiger partial charge on any atom is -0.352 e. The summed E-state index contributed by atoms with van der Waals surface area (Å²) in [4.78, 5) is 13.4. The summed E-state index contributed by atoms with van der Waals surface area (Å²) in [7, 11) is 0. The predicted molar refractivity (Wildman–Crippen MR) is 81.2 cm³/mol. The maximum Gasteiger partial charge on any atom is 0.246 e. The lowest BCUT2D eigenvalue weighted by Crippen LogP contribution is -2.30. The maximum atomic E-state index is 11.1. The number of carbonyl (C=O) groups excluding carboxylic acids is 1. The lowest BCUT2D eigenvalue weighted by atomic mass is 10.3. The van der Waals surface area contributed by atoms with Gasteiger partial charge in [0.1, 0.15) is 0 Å². The van der Waals surface area contributed by atoms with Gasteiger partial charge in [-0.2, -0.15) is 0 Å². The van der Waals surface area contributed by atoms with Crippen molar-refractivity contribution in [2.45, 2.75) is 46.4 Å². The van der Waals surface area contributed by atoms with Crippen LogP contribution in [-0.2, 0) is 4.79 Å². The summed E-state index contributed by atoms with van der Waals surface area (Å²) in [5.74, 6) is -0.0375. The normalized spacial score (nSPS) is 10.0. The van der Waals surface area contributed by atoms with Gasteiger partial charge in [-0.15, -0.1) is 11.6 Å². The SMILES string of the molecule is C=C(C)C(=O)NCCCN(CC)CC.CC(C)Cl. The van der Waals surface area contributed by atoms with E-state index in [1.807, 2.05) is 13.8 Å². The highest BCUT2D eigenvalue weighted by molar-refractivity contribution is 6.20. The molecule has 0 unspecified atom stereocenters. The monoisotopic (exact) mass is 276 g/mol. The molecule has 0 aromatic heterocycles. The van der Waals surface area contributed by atoms with Crippen LogP contribution in [0.5, 0.6) is 0 Å². The Hall–Kier alpha value is -0.540. The minimum atomic E-state index is -0.0375. The van der Waals surface area contributed by atoms with E-state index >= 15 is 0 Å². The summed E-state index contributed by atoms with van der Waals surface area (Å²) in [5, 5.41) is 3.13. The second-order valence-electron chi connectivity index (χ2n) is 4.43. The second-order valence-corrected chi connectivity index (χ2v) is 5.30. The molecule has 0 radical (unpaired) electrons. The Morgan fingerprint density at radius 3 is 2.11 bits per heavy atom. The Morgan fingerprint density at radius 1 is 1.33 bits per heavy atom. The van der Waals surface area contributed by atoms with Gasteiger partial charge in [0.15, 0.2) is 0 Å². The lowest BCUT2D eigenvalue weighted by molar-refractivity contribution is -0.117. The Balaban J connectivity index is 0. The molecule has 0 aromatic carbocycles. The van der Waals surface area contributed by atoms with E-state index in [9.17, 15) is 4.79 Å². The van der Waals surface area contributed by atoms with E-state index < -0.39 is 0 Å². The Bertz CT molecular complexity index is 223. The van der Waals surface area contributed by atoms with Crippen molar-refractivity contribution in [1.29, 1.82) is 0 Å². The molecule has 0 aliphatic rings. The van der Waals surface area contributed by atoms with Crippen LogP contribution < -0.4 is 5.32 Å². The summed E-state index contributed by atoms with van der Waals surface area (Å²) < 4.78 is 0. The highest BCUT2D eigenvalue weighted by atomic mass is 35.5. The molecule has 0 heterocycles. The van der Waals surface area contributed by atoms with Crippen molar-refractivity contribution in [3.05, 3.63) is 12.2 Å². The Labute approximate surface area is 118 Å². The van der Waals surface area contributed by atoms with Crippen LogP contribution in [-0.4, -0.2) is 42.4 Å². The van der Waals surface area contributed by atoms with E-state index in [2.05, 4.69) is 30.6 Å². The third-order valence-corrected chi connectivity index (χ3v) is 2.22. The van der Waals surface area contributed by atoms with Gasteiger partial charge in [-0.3, -0.25) is 4.79 Å². The molecule has 108 valence electrons. The van der Waals surface area contributed by atoms with Gasteiger partial charge in [-0.05, 0) is 46.8 Å². The molecule has 1 amide bonds. The number of nitrogens with zero attached hydrogens (tertiary/aromatic N) is 1. The third-order valence-electron chi connectivity index (χ3n) is 2.22. The molecule has 3 nitrogen and oxygen atoms in total. The average Bonchev–Trinajstić information content (AvgIpc) is 2.28. The zero-order valence-corrected chi connectivity index (χ0v) is 13.3. The van der Waals surface area contributed by atoms with E-state index in [4.69, 9.17) is 11.6 Å². The molecule has 0 aromatic rings. The van der Waals surface area contributed by atoms with Crippen molar-refractivity contribution >= 4 is 17.5 Å². The number of hydrogen-bond donors (Lipinski definition) is 1. The van der Waals surface area contributed by atoms with Crippen LogP contribution in [0.4, 0.5) is 0 Å². The zero-order chi connectivity index (χ0) is 14.6. The Morgan fingerprint density at radius 2 is 1.78 bits per heavy atom. The standard InChI is InChI=1S/C11H22N2O.C3H7Cl/c1-5-13(6-2)9-7-8-12-11(14)10(3)4;1-3(2)4/h3,5-9H2,1-2,4H3,(H,12,14);3H,1-2H3.